The first kappa shape index (κ1) is 17.1. The van der Waals surface area contributed by atoms with Crippen molar-refractivity contribution >= 4 is 11.7 Å². The van der Waals surface area contributed by atoms with Crippen LogP contribution in [0.2, 0.25) is 0 Å². The minimum Gasteiger partial charge on any atom is -0.322 e. The summed E-state index contributed by atoms with van der Waals surface area (Å²) in [5.41, 5.74) is 6.48. The second-order valence-corrected chi connectivity index (χ2v) is 7.46. The van der Waals surface area contributed by atoms with Crippen LogP contribution in [0.5, 0.6) is 0 Å². The standard InChI is InChI=1S/C22H27N3O/c1-17-5-2-3-6-20(17)16-24-11-13-25(14-12-24)22(26)23-21-10-9-18-7-4-8-19(18)15-21/h2-3,5-6,9-10,15H,4,7-8,11-14,16H2,1H3,(H,23,26). The number of amides is 2. The molecule has 2 aromatic carbocycles. The van der Waals surface area contributed by atoms with Crippen LogP contribution in [0.15, 0.2) is 42.5 Å². The van der Waals surface area contributed by atoms with Crippen molar-refractivity contribution in [3.8, 4) is 0 Å². The molecule has 2 amide bonds. The molecule has 1 aliphatic carbocycles. The molecule has 0 unspecified atom stereocenters. The Bertz CT molecular complexity index is 794. The minimum absolute atomic E-state index is 0.0264. The van der Waals surface area contributed by atoms with E-state index in [2.05, 4.69) is 53.5 Å². The summed E-state index contributed by atoms with van der Waals surface area (Å²) >= 11 is 0. The molecule has 136 valence electrons. The average molecular weight is 349 g/mol. The van der Waals surface area contributed by atoms with E-state index < -0.39 is 0 Å². The lowest BCUT2D eigenvalue weighted by Gasteiger charge is -2.35. The smallest absolute Gasteiger partial charge is 0.321 e. The highest BCUT2D eigenvalue weighted by Gasteiger charge is 2.22. The lowest BCUT2D eigenvalue weighted by Crippen LogP contribution is -2.49. The Balaban J connectivity index is 1.30. The number of hydrogen-bond acceptors (Lipinski definition) is 2. The number of aryl methyl sites for hydroxylation is 3. The highest BCUT2D eigenvalue weighted by molar-refractivity contribution is 5.89. The van der Waals surface area contributed by atoms with E-state index in [0.717, 1.165) is 44.8 Å². The zero-order valence-electron chi connectivity index (χ0n) is 15.5. The summed E-state index contributed by atoms with van der Waals surface area (Å²) in [7, 11) is 0. The van der Waals surface area contributed by atoms with Gasteiger partial charge in [0, 0.05) is 38.4 Å². The summed E-state index contributed by atoms with van der Waals surface area (Å²) in [6, 6.07) is 14.9. The van der Waals surface area contributed by atoms with Crippen molar-refractivity contribution in [3.05, 3.63) is 64.7 Å². The number of rotatable bonds is 3. The quantitative estimate of drug-likeness (QED) is 0.914. The van der Waals surface area contributed by atoms with Gasteiger partial charge in [-0.1, -0.05) is 30.3 Å². The summed E-state index contributed by atoms with van der Waals surface area (Å²) < 4.78 is 0. The van der Waals surface area contributed by atoms with Gasteiger partial charge in [0.15, 0.2) is 0 Å². The van der Waals surface area contributed by atoms with E-state index in [9.17, 15) is 4.79 Å². The van der Waals surface area contributed by atoms with Crippen LogP contribution < -0.4 is 5.32 Å². The molecule has 0 bridgehead atoms. The van der Waals surface area contributed by atoms with Gasteiger partial charge >= 0.3 is 6.03 Å². The van der Waals surface area contributed by atoms with E-state index >= 15 is 0 Å². The predicted molar refractivity (Wildman–Crippen MR) is 106 cm³/mol. The average Bonchev–Trinajstić information content (AvgIpc) is 3.12. The van der Waals surface area contributed by atoms with Crippen molar-refractivity contribution in [1.29, 1.82) is 0 Å². The SMILES string of the molecule is Cc1ccccc1CN1CCN(C(=O)Nc2ccc3c(c2)CCC3)CC1. The summed E-state index contributed by atoms with van der Waals surface area (Å²) in [6.07, 6.45) is 3.54. The fourth-order valence-corrected chi connectivity index (χ4v) is 3.99. The van der Waals surface area contributed by atoms with Crippen molar-refractivity contribution in [1.82, 2.24) is 9.80 Å². The Morgan fingerprint density at radius 2 is 1.77 bits per heavy atom. The number of fused-ring (bicyclic) bond motifs is 1. The zero-order valence-corrected chi connectivity index (χ0v) is 15.5. The first-order valence-electron chi connectivity index (χ1n) is 9.63. The van der Waals surface area contributed by atoms with Crippen LogP contribution in [0.3, 0.4) is 0 Å². The topological polar surface area (TPSA) is 35.6 Å². The molecule has 0 spiro atoms. The Hall–Kier alpha value is -2.33. The largest absolute Gasteiger partial charge is 0.322 e. The van der Waals surface area contributed by atoms with Gasteiger partial charge in [-0.2, -0.15) is 0 Å². The third-order valence-electron chi connectivity index (χ3n) is 5.66. The molecule has 2 aromatic rings. The molecule has 2 aliphatic rings. The van der Waals surface area contributed by atoms with Gasteiger partial charge in [-0.15, -0.1) is 0 Å². The second-order valence-electron chi connectivity index (χ2n) is 7.46. The summed E-state index contributed by atoms with van der Waals surface area (Å²) in [5, 5.41) is 3.08. The molecule has 1 heterocycles. The normalized spacial score (nSPS) is 17.2. The molecule has 1 fully saturated rings. The highest BCUT2D eigenvalue weighted by atomic mass is 16.2. The van der Waals surface area contributed by atoms with Crippen molar-refractivity contribution in [2.75, 3.05) is 31.5 Å². The molecule has 26 heavy (non-hydrogen) atoms. The van der Waals surface area contributed by atoms with Crippen LogP contribution in [0.4, 0.5) is 10.5 Å². The van der Waals surface area contributed by atoms with Gasteiger partial charge in [-0.3, -0.25) is 4.90 Å². The Labute approximate surface area is 155 Å². The Morgan fingerprint density at radius 1 is 1.00 bits per heavy atom. The Morgan fingerprint density at radius 3 is 2.58 bits per heavy atom. The maximum Gasteiger partial charge on any atom is 0.321 e. The fraction of sp³-hybridized carbons (Fsp3) is 0.409. The van der Waals surface area contributed by atoms with Crippen LogP contribution in [-0.4, -0.2) is 42.0 Å². The second kappa shape index (κ2) is 7.50. The molecule has 1 N–H and O–H groups in total. The van der Waals surface area contributed by atoms with Gasteiger partial charge < -0.3 is 10.2 Å². The number of anilines is 1. The molecule has 0 radical (unpaired) electrons. The number of urea groups is 1. The molecular formula is C22H27N3O. The van der Waals surface area contributed by atoms with Crippen LogP contribution >= 0.6 is 0 Å². The van der Waals surface area contributed by atoms with E-state index in [-0.39, 0.29) is 6.03 Å². The molecular weight excluding hydrogens is 322 g/mol. The molecule has 1 saturated heterocycles. The highest BCUT2D eigenvalue weighted by Crippen LogP contribution is 2.25. The predicted octanol–water partition coefficient (Wildman–Crippen LogP) is 3.83. The van der Waals surface area contributed by atoms with E-state index in [1.807, 2.05) is 11.0 Å². The molecule has 1 aliphatic heterocycles. The minimum atomic E-state index is 0.0264. The van der Waals surface area contributed by atoms with Gasteiger partial charge in [0.2, 0.25) is 0 Å². The molecule has 0 atom stereocenters. The van der Waals surface area contributed by atoms with Crippen LogP contribution in [-0.2, 0) is 19.4 Å². The summed E-state index contributed by atoms with van der Waals surface area (Å²) in [6.45, 7) is 6.53. The van der Waals surface area contributed by atoms with Crippen molar-refractivity contribution in [3.63, 3.8) is 0 Å². The summed E-state index contributed by atoms with van der Waals surface area (Å²) in [4.78, 5) is 16.9. The first-order valence-corrected chi connectivity index (χ1v) is 9.63. The van der Waals surface area contributed by atoms with Crippen LogP contribution in [0.25, 0.3) is 0 Å². The van der Waals surface area contributed by atoms with Gasteiger partial charge in [0.1, 0.15) is 0 Å². The third-order valence-corrected chi connectivity index (χ3v) is 5.66. The van der Waals surface area contributed by atoms with Gasteiger partial charge in [0.25, 0.3) is 0 Å². The maximum absolute atomic E-state index is 12.6. The van der Waals surface area contributed by atoms with Gasteiger partial charge in [0.05, 0.1) is 0 Å². The number of carbonyl (C=O) groups is 1. The van der Waals surface area contributed by atoms with Crippen LogP contribution in [0, 0.1) is 6.92 Å². The molecule has 4 nitrogen and oxygen atoms in total. The fourth-order valence-electron chi connectivity index (χ4n) is 3.99. The lowest BCUT2D eigenvalue weighted by atomic mass is 10.1. The number of nitrogens with zero attached hydrogens (tertiary/aromatic N) is 2. The van der Waals surface area contributed by atoms with Crippen LogP contribution in [0.1, 0.15) is 28.7 Å². The molecule has 4 rings (SSSR count). The van der Waals surface area contributed by atoms with Gasteiger partial charge in [-0.25, -0.2) is 4.79 Å². The summed E-state index contributed by atoms with van der Waals surface area (Å²) in [5.74, 6) is 0. The van der Waals surface area contributed by atoms with Crippen molar-refractivity contribution in [2.45, 2.75) is 32.7 Å². The number of nitrogens with one attached hydrogen (secondary N) is 1. The zero-order chi connectivity index (χ0) is 17.9. The number of piperazine rings is 1. The third kappa shape index (κ3) is 3.75. The van der Waals surface area contributed by atoms with E-state index in [1.54, 1.807) is 0 Å². The van der Waals surface area contributed by atoms with E-state index in [1.165, 1.54) is 35.1 Å². The number of carbonyl (C=O) groups excluding carboxylic acids is 1. The molecule has 0 aromatic heterocycles. The van der Waals surface area contributed by atoms with Crippen molar-refractivity contribution in [2.24, 2.45) is 0 Å². The number of hydrogen-bond donors (Lipinski definition) is 1. The molecule has 0 saturated carbocycles. The molecule has 4 heteroatoms. The number of benzene rings is 2. The lowest BCUT2D eigenvalue weighted by molar-refractivity contribution is 0.143. The van der Waals surface area contributed by atoms with E-state index in [0.29, 0.717) is 0 Å². The Kier molecular flexibility index (Phi) is 4.93. The first-order chi connectivity index (χ1) is 12.7. The van der Waals surface area contributed by atoms with E-state index in [4.69, 9.17) is 0 Å². The monoisotopic (exact) mass is 349 g/mol. The van der Waals surface area contributed by atoms with Crippen molar-refractivity contribution < 1.29 is 4.79 Å². The maximum atomic E-state index is 12.6. The van der Waals surface area contributed by atoms with Gasteiger partial charge in [-0.05, 0) is 60.6 Å².